The molecule has 9 heteroatoms. The number of anilines is 2. The van der Waals surface area contributed by atoms with Gasteiger partial charge in [0.15, 0.2) is 0 Å². The zero-order valence-corrected chi connectivity index (χ0v) is 21.4. The van der Waals surface area contributed by atoms with Gasteiger partial charge in [-0.2, -0.15) is 0 Å². The Morgan fingerprint density at radius 1 is 1.03 bits per heavy atom. The van der Waals surface area contributed by atoms with Crippen molar-refractivity contribution in [3.8, 4) is 0 Å². The Morgan fingerprint density at radius 2 is 1.71 bits per heavy atom. The molecule has 7 nitrogen and oxygen atoms in total. The standard InChI is InChI=1S/C26H28N2O5S2/c1-3-33-26(30)24-20-14-8-10-16-22(20)34-25(24)27-23(29)17-28(21-15-9-7-11-18(21)2)35(31,32)19-12-5-4-6-13-19/h4-7,9,11-13,15H,3,8,10,14,16-17H2,1-2H3,(H,27,29). The van der Waals surface area contributed by atoms with Crippen molar-refractivity contribution in [2.24, 2.45) is 0 Å². The normalized spacial score (nSPS) is 13.1. The largest absolute Gasteiger partial charge is 0.462 e. The number of para-hydroxylation sites is 1. The first kappa shape index (κ1) is 24.9. The number of sulfonamides is 1. The van der Waals surface area contributed by atoms with E-state index in [9.17, 15) is 18.0 Å². The Kier molecular flexibility index (Phi) is 7.57. The first-order valence-electron chi connectivity index (χ1n) is 11.6. The average molecular weight is 513 g/mol. The number of ether oxygens (including phenoxy) is 1. The van der Waals surface area contributed by atoms with Crippen LogP contribution in [0.1, 0.15) is 46.1 Å². The van der Waals surface area contributed by atoms with Crippen molar-refractivity contribution in [1.29, 1.82) is 0 Å². The van der Waals surface area contributed by atoms with Gasteiger partial charge >= 0.3 is 5.97 Å². The number of hydrogen-bond acceptors (Lipinski definition) is 6. The van der Waals surface area contributed by atoms with Crippen LogP contribution in [0.3, 0.4) is 0 Å². The van der Waals surface area contributed by atoms with Gasteiger partial charge in [-0.3, -0.25) is 9.10 Å². The molecule has 0 bridgehead atoms. The summed E-state index contributed by atoms with van der Waals surface area (Å²) >= 11 is 1.37. The molecule has 184 valence electrons. The third kappa shape index (κ3) is 5.26. The highest BCUT2D eigenvalue weighted by atomic mass is 32.2. The molecule has 2 aromatic carbocycles. The number of fused-ring (bicyclic) bond motifs is 1. The molecule has 0 radical (unpaired) electrons. The van der Waals surface area contributed by atoms with E-state index in [2.05, 4.69) is 5.32 Å². The van der Waals surface area contributed by atoms with Crippen molar-refractivity contribution in [2.45, 2.75) is 44.4 Å². The Labute approximate surface area is 209 Å². The summed E-state index contributed by atoms with van der Waals surface area (Å²) in [6.07, 6.45) is 3.60. The number of hydrogen-bond donors (Lipinski definition) is 1. The van der Waals surface area contributed by atoms with Gasteiger partial charge in [-0.25, -0.2) is 13.2 Å². The van der Waals surface area contributed by atoms with E-state index in [-0.39, 0.29) is 11.5 Å². The summed E-state index contributed by atoms with van der Waals surface area (Å²) in [7, 11) is -4.02. The summed E-state index contributed by atoms with van der Waals surface area (Å²) in [6.45, 7) is 3.33. The molecule has 4 rings (SSSR count). The lowest BCUT2D eigenvalue weighted by Crippen LogP contribution is -2.38. The zero-order valence-electron chi connectivity index (χ0n) is 19.7. The topological polar surface area (TPSA) is 92.8 Å². The Bertz CT molecular complexity index is 1330. The summed E-state index contributed by atoms with van der Waals surface area (Å²) in [5, 5.41) is 3.24. The maximum absolute atomic E-state index is 13.6. The lowest BCUT2D eigenvalue weighted by Gasteiger charge is -2.25. The van der Waals surface area contributed by atoms with Crippen molar-refractivity contribution in [1.82, 2.24) is 0 Å². The van der Waals surface area contributed by atoms with Crippen molar-refractivity contribution in [3.05, 3.63) is 76.2 Å². The molecule has 1 N–H and O–H groups in total. The van der Waals surface area contributed by atoms with Crippen LogP contribution in [0, 0.1) is 6.92 Å². The number of esters is 1. The van der Waals surface area contributed by atoms with Crippen LogP contribution in [0.15, 0.2) is 59.5 Å². The molecular formula is C26H28N2O5S2. The summed E-state index contributed by atoms with van der Waals surface area (Å²) in [5.41, 5.74) is 2.47. The number of benzene rings is 2. The van der Waals surface area contributed by atoms with Crippen molar-refractivity contribution in [2.75, 3.05) is 22.8 Å². The molecule has 0 fully saturated rings. The van der Waals surface area contributed by atoms with Crippen LogP contribution in [0.5, 0.6) is 0 Å². The maximum Gasteiger partial charge on any atom is 0.341 e. The summed E-state index contributed by atoms with van der Waals surface area (Å²) < 4.78 is 33.5. The first-order valence-corrected chi connectivity index (χ1v) is 13.8. The van der Waals surface area contributed by atoms with Gasteiger partial charge in [0.2, 0.25) is 5.91 Å². The number of rotatable bonds is 8. The SMILES string of the molecule is CCOC(=O)c1c(NC(=O)CN(c2ccccc2C)S(=O)(=O)c2ccccc2)sc2c1CCCC2. The van der Waals surface area contributed by atoms with Gasteiger partial charge in [0.25, 0.3) is 10.0 Å². The summed E-state index contributed by atoms with van der Waals surface area (Å²) in [6, 6.07) is 15.1. The lowest BCUT2D eigenvalue weighted by molar-refractivity contribution is -0.114. The highest BCUT2D eigenvalue weighted by Crippen LogP contribution is 2.38. The number of thiophene rings is 1. The van der Waals surface area contributed by atoms with Crippen LogP contribution in [0.2, 0.25) is 0 Å². The zero-order chi connectivity index (χ0) is 25.0. The number of amides is 1. The van der Waals surface area contributed by atoms with Gasteiger partial charge in [-0.15, -0.1) is 11.3 Å². The van der Waals surface area contributed by atoms with Gasteiger partial charge < -0.3 is 10.1 Å². The molecule has 0 saturated heterocycles. The van der Waals surface area contributed by atoms with E-state index in [1.165, 1.54) is 23.5 Å². The van der Waals surface area contributed by atoms with Gasteiger partial charge in [0.05, 0.1) is 22.8 Å². The smallest absolute Gasteiger partial charge is 0.341 e. The predicted molar refractivity (Wildman–Crippen MR) is 138 cm³/mol. The summed E-state index contributed by atoms with van der Waals surface area (Å²) in [4.78, 5) is 27.2. The van der Waals surface area contributed by atoms with E-state index in [1.807, 2.05) is 6.07 Å². The van der Waals surface area contributed by atoms with Crippen LogP contribution in [0.25, 0.3) is 0 Å². The highest BCUT2D eigenvalue weighted by Gasteiger charge is 2.31. The highest BCUT2D eigenvalue weighted by molar-refractivity contribution is 7.92. The van der Waals surface area contributed by atoms with E-state index in [0.29, 0.717) is 16.3 Å². The fourth-order valence-electron chi connectivity index (χ4n) is 4.23. The van der Waals surface area contributed by atoms with Crippen LogP contribution in [0.4, 0.5) is 10.7 Å². The molecule has 1 aliphatic rings. The van der Waals surface area contributed by atoms with E-state index >= 15 is 0 Å². The molecule has 1 amide bonds. The fraction of sp³-hybridized carbons (Fsp3) is 0.308. The average Bonchev–Trinajstić information content (AvgIpc) is 3.21. The Hall–Kier alpha value is -3.17. The molecule has 0 saturated carbocycles. The van der Waals surface area contributed by atoms with Crippen molar-refractivity contribution in [3.63, 3.8) is 0 Å². The van der Waals surface area contributed by atoms with E-state index in [1.54, 1.807) is 50.2 Å². The Balaban J connectivity index is 1.68. The number of nitrogens with zero attached hydrogens (tertiary/aromatic N) is 1. The number of aryl methyl sites for hydroxylation is 2. The minimum absolute atomic E-state index is 0.0925. The molecule has 1 heterocycles. The fourth-order valence-corrected chi connectivity index (χ4v) is 7.03. The third-order valence-corrected chi connectivity index (χ3v) is 8.89. The number of carbonyl (C=O) groups excluding carboxylic acids is 2. The van der Waals surface area contributed by atoms with Crippen LogP contribution >= 0.6 is 11.3 Å². The van der Waals surface area contributed by atoms with Gasteiger partial charge in [0, 0.05) is 4.88 Å². The van der Waals surface area contributed by atoms with Crippen molar-refractivity contribution < 1.29 is 22.7 Å². The second-order valence-corrected chi connectivity index (χ2v) is 11.3. The Morgan fingerprint density at radius 3 is 2.43 bits per heavy atom. The molecule has 0 unspecified atom stereocenters. The van der Waals surface area contributed by atoms with Crippen LogP contribution < -0.4 is 9.62 Å². The minimum Gasteiger partial charge on any atom is -0.462 e. The molecule has 35 heavy (non-hydrogen) atoms. The quantitative estimate of drug-likeness (QED) is 0.431. The molecule has 1 aliphatic carbocycles. The van der Waals surface area contributed by atoms with Gasteiger partial charge in [0.1, 0.15) is 11.5 Å². The van der Waals surface area contributed by atoms with Crippen LogP contribution in [-0.4, -0.2) is 33.4 Å². The summed E-state index contributed by atoms with van der Waals surface area (Å²) in [5.74, 6) is -0.994. The van der Waals surface area contributed by atoms with E-state index in [4.69, 9.17) is 4.74 Å². The molecule has 0 spiro atoms. The number of nitrogens with one attached hydrogen (secondary N) is 1. The first-order chi connectivity index (χ1) is 16.8. The minimum atomic E-state index is -4.02. The molecular weight excluding hydrogens is 484 g/mol. The molecule has 1 aromatic heterocycles. The van der Waals surface area contributed by atoms with Crippen LogP contribution in [-0.2, 0) is 32.4 Å². The molecule has 0 atom stereocenters. The van der Waals surface area contributed by atoms with Gasteiger partial charge in [-0.1, -0.05) is 36.4 Å². The predicted octanol–water partition coefficient (Wildman–Crippen LogP) is 4.95. The lowest BCUT2D eigenvalue weighted by atomic mass is 9.95. The molecule has 3 aromatic rings. The maximum atomic E-state index is 13.6. The second kappa shape index (κ2) is 10.6. The van der Waals surface area contributed by atoms with Crippen molar-refractivity contribution >= 4 is 43.9 Å². The van der Waals surface area contributed by atoms with E-state index < -0.39 is 28.4 Å². The monoisotopic (exact) mass is 512 g/mol. The van der Waals surface area contributed by atoms with E-state index in [0.717, 1.165) is 46.0 Å². The number of carbonyl (C=O) groups is 2. The van der Waals surface area contributed by atoms with Gasteiger partial charge in [-0.05, 0) is 68.9 Å². The molecule has 0 aliphatic heterocycles. The second-order valence-electron chi connectivity index (χ2n) is 8.29. The third-order valence-electron chi connectivity index (χ3n) is 5.91.